The average Bonchev–Trinajstić information content (AvgIpc) is 3.20. The van der Waals surface area contributed by atoms with Crippen LogP contribution in [0.5, 0.6) is 0 Å². The second kappa shape index (κ2) is 43.5. The van der Waals surface area contributed by atoms with Crippen molar-refractivity contribution in [2.75, 3.05) is 26.4 Å². The lowest BCUT2D eigenvalue weighted by molar-refractivity contribution is -0.161. The fourth-order valence-electron chi connectivity index (χ4n) is 6.22. The molecule has 0 amide bonds. The maximum Gasteiger partial charge on any atom is 0.472 e. The van der Waals surface area contributed by atoms with Crippen molar-refractivity contribution >= 4 is 19.8 Å². The van der Waals surface area contributed by atoms with Crippen LogP contribution in [-0.4, -0.2) is 49.3 Å². The number of hydrogen-bond donors (Lipinski definition) is 2. The molecule has 0 aliphatic carbocycles. The SMILES string of the molecule is CCCCC/C=C/C/C=C/C/C=C/CCCCC(=O)OC[C@H](COP(=O)(O)OCCN)OC(=O)CCCCCCCCCCCCC/C=C/CCCCCCCC. The van der Waals surface area contributed by atoms with Gasteiger partial charge in [0.25, 0.3) is 0 Å². The van der Waals surface area contributed by atoms with Crippen molar-refractivity contribution in [2.24, 2.45) is 5.73 Å². The number of allylic oxidation sites excluding steroid dienone is 8. The normalized spacial score (nSPS) is 13.7. The molecule has 9 nitrogen and oxygen atoms in total. The lowest BCUT2D eigenvalue weighted by Crippen LogP contribution is -2.29. The van der Waals surface area contributed by atoms with E-state index in [1.807, 2.05) is 0 Å². The molecule has 10 heteroatoms. The summed E-state index contributed by atoms with van der Waals surface area (Å²) in [5.74, 6) is -0.872. The molecular weight excluding hydrogens is 737 g/mol. The molecule has 1 unspecified atom stereocenters. The zero-order chi connectivity index (χ0) is 41.8. The summed E-state index contributed by atoms with van der Waals surface area (Å²) in [7, 11) is -4.39. The van der Waals surface area contributed by atoms with Crippen molar-refractivity contribution in [3.63, 3.8) is 0 Å². The third kappa shape index (κ3) is 43.4. The molecular formula is C47H86NO8P. The van der Waals surface area contributed by atoms with Gasteiger partial charge in [0, 0.05) is 19.4 Å². The van der Waals surface area contributed by atoms with Crippen LogP contribution in [-0.2, 0) is 32.7 Å². The zero-order valence-corrected chi connectivity index (χ0v) is 37.5. The van der Waals surface area contributed by atoms with Crippen LogP contribution in [0.4, 0.5) is 0 Å². The Labute approximate surface area is 349 Å². The number of ether oxygens (including phenoxy) is 2. The van der Waals surface area contributed by atoms with Gasteiger partial charge in [0.2, 0.25) is 0 Å². The van der Waals surface area contributed by atoms with E-state index in [1.165, 1.54) is 116 Å². The van der Waals surface area contributed by atoms with Crippen molar-refractivity contribution in [1.82, 2.24) is 0 Å². The zero-order valence-electron chi connectivity index (χ0n) is 36.6. The van der Waals surface area contributed by atoms with Crippen LogP contribution in [0, 0.1) is 0 Å². The summed E-state index contributed by atoms with van der Waals surface area (Å²) in [5.41, 5.74) is 5.35. The van der Waals surface area contributed by atoms with Crippen molar-refractivity contribution in [2.45, 2.75) is 213 Å². The van der Waals surface area contributed by atoms with Gasteiger partial charge in [-0.05, 0) is 77.0 Å². The Morgan fingerprint density at radius 1 is 0.526 bits per heavy atom. The first-order valence-corrected chi connectivity index (χ1v) is 24.6. The Balaban J connectivity index is 4.14. The number of rotatable bonds is 43. The lowest BCUT2D eigenvalue weighted by Gasteiger charge is -2.19. The smallest absolute Gasteiger partial charge is 0.462 e. The number of phosphoric ester groups is 1. The fourth-order valence-corrected chi connectivity index (χ4v) is 6.99. The Bertz CT molecular complexity index is 1080. The van der Waals surface area contributed by atoms with E-state index in [2.05, 4.69) is 62.5 Å². The van der Waals surface area contributed by atoms with E-state index in [-0.39, 0.29) is 32.6 Å². The first kappa shape index (κ1) is 55.0. The van der Waals surface area contributed by atoms with E-state index < -0.39 is 32.5 Å². The molecule has 0 bridgehead atoms. The summed E-state index contributed by atoms with van der Waals surface area (Å²) in [6, 6.07) is 0. The van der Waals surface area contributed by atoms with E-state index >= 15 is 0 Å². The van der Waals surface area contributed by atoms with Gasteiger partial charge in [-0.15, -0.1) is 0 Å². The van der Waals surface area contributed by atoms with Crippen LogP contribution in [0.25, 0.3) is 0 Å². The highest BCUT2D eigenvalue weighted by molar-refractivity contribution is 7.47. The molecule has 0 heterocycles. The minimum atomic E-state index is -4.39. The van der Waals surface area contributed by atoms with Gasteiger partial charge >= 0.3 is 19.8 Å². The molecule has 0 aromatic heterocycles. The molecule has 2 atom stereocenters. The molecule has 0 aliphatic heterocycles. The summed E-state index contributed by atoms with van der Waals surface area (Å²) in [4.78, 5) is 34.9. The molecule has 0 aromatic rings. The Hall–Kier alpha value is -2.03. The van der Waals surface area contributed by atoms with Gasteiger partial charge in [-0.3, -0.25) is 18.6 Å². The highest BCUT2D eigenvalue weighted by atomic mass is 31.2. The number of esters is 2. The predicted molar refractivity (Wildman–Crippen MR) is 238 cm³/mol. The van der Waals surface area contributed by atoms with Crippen molar-refractivity contribution < 1.29 is 37.6 Å². The number of unbranched alkanes of at least 4 members (excludes halogenated alkanes) is 22. The second-order valence-corrected chi connectivity index (χ2v) is 16.7. The van der Waals surface area contributed by atoms with Gasteiger partial charge in [-0.1, -0.05) is 165 Å². The molecule has 0 saturated heterocycles. The number of nitrogens with two attached hydrogens (primary N) is 1. The molecule has 0 saturated carbocycles. The fraction of sp³-hybridized carbons (Fsp3) is 0.787. The number of phosphoric acid groups is 1. The van der Waals surface area contributed by atoms with E-state index in [0.29, 0.717) is 12.8 Å². The molecule has 0 aliphatic rings. The summed E-state index contributed by atoms with van der Waals surface area (Å²) < 4.78 is 32.8. The third-order valence-electron chi connectivity index (χ3n) is 9.69. The largest absolute Gasteiger partial charge is 0.472 e. The summed E-state index contributed by atoms with van der Waals surface area (Å²) in [6.07, 6.45) is 50.0. The highest BCUT2D eigenvalue weighted by Gasteiger charge is 2.26. The molecule has 3 N–H and O–H groups in total. The third-order valence-corrected chi connectivity index (χ3v) is 10.7. The minimum Gasteiger partial charge on any atom is -0.462 e. The highest BCUT2D eigenvalue weighted by Crippen LogP contribution is 2.43. The molecule has 0 fully saturated rings. The molecule has 57 heavy (non-hydrogen) atoms. The van der Waals surface area contributed by atoms with Gasteiger partial charge in [0.1, 0.15) is 6.61 Å². The minimum absolute atomic E-state index is 0.0472. The maximum absolute atomic E-state index is 12.6. The summed E-state index contributed by atoms with van der Waals surface area (Å²) in [6.45, 7) is 3.66. The van der Waals surface area contributed by atoms with Crippen LogP contribution < -0.4 is 5.73 Å². The molecule has 0 aromatic carbocycles. The molecule has 0 spiro atoms. The van der Waals surface area contributed by atoms with Gasteiger partial charge in [-0.25, -0.2) is 4.57 Å². The molecule has 0 rings (SSSR count). The predicted octanol–water partition coefficient (Wildman–Crippen LogP) is 13.5. The van der Waals surface area contributed by atoms with Gasteiger partial charge in [-0.2, -0.15) is 0 Å². The maximum atomic E-state index is 12.6. The van der Waals surface area contributed by atoms with Crippen LogP contribution in [0.2, 0.25) is 0 Å². The number of carbonyl (C=O) groups is 2. The lowest BCUT2D eigenvalue weighted by atomic mass is 10.0. The number of hydrogen-bond acceptors (Lipinski definition) is 8. The Morgan fingerprint density at radius 2 is 0.912 bits per heavy atom. The van der Waals surface area contributed by atoms with Crippen LogP contribution >= 0.6 is 7.82 Å². The van der Waals surface area contributed by atoms with Crippen LogP contribution in [0.3, 0.4) is 0 Å². The van der Waals surface area contributed by atoms with E-state index in [9.17, 15) is 19.0 Å². The topological polar surface area (TPSA) is 134 Å². The van der Waals surface area contributed by atoms with Gasteiger partial charge < -0.3 is 20.1 Å². The molecule has 0 radical (unpaired) electrons. The van der Waals surface area contributed by atoms with Crippen LogP contribution in [0.15, 0.2) is 48.6 Å². The van der Waals surface area contributed by atoms with Gasteiger partial charge in [0.15, 0.2) is 6.10 Å². The Morgan fingerprint density at radius 3 is 1.44 bits per heavy atom. The van der Waals surface area contributed by atoms with E-state index in [1.54, 1.807) is 0 Å². The van der Waals surface area contributed by atoms with Crippen LogP contribution in [0.1, 0.15) is 206 Å². The van der Waals surface area contributed by atoms with Crippen molar-refractivity contribution in [1.29, 1.82) is 0 Å². The molecule has 332 valence electrons. The first-order chi connectivity index (χ1) is 27.8. The second-order valence-electron chi connectivity index (χ2n) is 15.3. The van der Waals surface area contributed by atoms with E-state index in [0.717, 1.165) is 51.4 Å². The first-order valence-electron chi connectivity index (χ1n) is 23.1. The standard InChI is InChI=1S/C47H86NO8P/c1-3-5-7-9-11-13-15-17-19-20-21-22-23-24-26-28-30-32-34-36-38-40-47(50)56-45(44-55-57(51,52)54-42-41-48)43-53-46(49)39-37-35-33-31-29-27-25-18-16-14-12-10-8-6-4-2/h12,14,17-19,25,29,31,45H,3-11,13,15-16,20-24,26-28,30,32-44,48H2,1-2H3,(H,51,52)/b14-12+,19-17+,25-18+,31-29+/t45-/m1/s1. The van der Waals surface area contributed by atoms with Gasteiger partial charge in [0.05, 0.1) is 13.2 Å². The van der Waals surface area contributed by atoms with E-state index in [4.69, 9.17) is 24.3 Å². The monoisotopic (exact) mass is 824 g/mol. The number of carbonyl (C=O) groups excluding carboxylic acids is 2. The quantitative estimate of drug-likeness (QED) is 0.0267. The summed E-state index contributed by atoms with van der Waals surface area (Å²) >= 11 is 0. The van der Waals surface area contributed by atoms with Crippen molar-refractivity contribution in [3.8, 4) is 0 Å². The Kier molecular flexibility index (Phi) is 42.0. The van der Waals surface area contributed by atoms with Crippen molar-refractivity contribution in [3.05, 3.63) is 48.6 Å². The summed E-state index contributed by atoms with van der Waals surface area (Å²) in [5, 5.41) is 0. The average molecular weight is 824 g/mol.